The number of hydrogen-bond acceptors (Lipinski definition) is 5. The Kier molecular flexibility index (Phi) is 6.95. The Balaban J connectivity index is 2.53. The summed E-state index contributed by atoms with van der Waals surface area (Å²) in [6, 6.07) is 0. The average Bonchev–Trinajstić information content (AvgIpc) is 2.37. The number of rotatable bonds is 6. The molecule has 0 aromatic carbocycles. The Bertz CT molecular complexity index is 325. The summed E-state index contributed by atoms with van der Waals surface area (Å²) < 4.78 is 10.3. The molecule has 6 heteroatoms. The number of ether oxygens (including phenoxy) is 2. The first-order valence-corrected chi connectivity index (χ1v) is 7.18. The smallest absolute Gasteiger partial charge is 0.319 e. The highest BCUT2D eigenvalue weighted by atomic mass is 16.5. The van der Waals surface area contributed by atoms with Crippen LogP contribution < -0.4 is 0 Å². The van der Waals surface area contributed by atoms with Gasteiger partial charge in [0.25, 0.3) is 0 Å². The molecule has 116 valence electrons. The molecule has 0 N–H and O–H groups in total. The van der Waals surface area contributed by atoms with Crippen LogP contribution in [0.1, 0.15) is 27.2 Å². The molecule has 1 amide bonds. The second-order valence-corrected chi connectivity index (χ2v) is 5.34. The van der Waals surface area contributed by atoms with E-state index in [0.29, 0.717) is 19.6 Å². The van der Waals surface area contributed by atoms with E-state index in [2.05, 4.69) is 4.74 Å². The molecule has 2 unspecified atom stereocenters. The van der Waals surface area contributed by atoms with Crippen molar-refractivity contribution in [2.45, 2.75) is 39.4 Å². The van der Waals surface area contributed by atoms with Gasteiger partial charge >= 0.3 is 5.97 Å². The summed E-state index contributed by atoms with van der Waals surface area (Å²) in [6.45, 7) is 8.29. The average molecular weight is 286 g/mol. The molecule has 1 heterocycles. The van der Waals surface area contributed by atoms with E-state index in [-0.39, 0.29) is 37.2 Å². The van der Waals surface area contributed by atoms with Crippen LogP contribution in [0.3, 0.4) is 0 Å². The molecule has 0 saturated carbocycles. The number of methoxy groups -OCH3 is 1. The van der Waals surface area contributed by atoms with Crippen LogP contribution in [0.4, 0.5) is 0 Å². The fraction of sp³-hybridized carbons (Fsp3) is 0.857. The quantitative estimate of drug-likeness (QED) is 0.666. The predicted octanol–water partition coefficient (Wildman–Crippen LogP) is 0.507. The third-order valence-corrected chi connectivity index (χ3v) is 3.25. The third-order valence-electron chi connectivity index (χ3n) is 3.25. The van der Waals surface area contributed by atoms with Gasteiger partial charge in [-0.15, -0.1) is 0 Å². The van der Waals surface area contributed by atoms with Crippen LogP contribution in [0.5, 0.6) is 0 Å². The molecule has 1 saturated heterocycles. The minimum Gasteiger partial charge on any atom is -0.468 e. The number of carbonyl (C=O) groups is 2. The van der Waals surface area contributed by atoms with Gasteiger partial charge in [0.15, 0.2) is 0 Å². The van der Waals surface area contributed by atoms with Gasteiger partial charge in [-0.3, -0.25) is 14.5 Å². The number of nitrogens with zero attached hydrogens (tertiary/aromatic N) is 2. The van der Waals surface area contributed by atoms with Crippen LogP contribution in [0.15, 0.2) is 0 Å². The van der Waals surface area contributed by atoms with Crippen molar-refractivity contribution in [2.24, 2.45) is 0 Å². The number of carbonyl (C=O) groups excluding carboxylic acids is 2. The van der Waals surface area contributed by atoms with E-state index in [4.69, 9.17) is 4.74 Å². The molecule has 6 nitrogen and oxygen atoms in total. The van der Waals surface area contributed by atoms with Gasteiger partial charge in [0.1, 0.15) is 0 Å². The highest BCUT2D eigenvalue weighted by Crippen LogP contribution is 2.11. The van der Waals surface area contributed by atoms with Crippen LogP contribution in [0, 0.1) is 0 Å². The monoisotopic (exact) mass is 286 g/mol. The van der Waals surface area contributed by atoms with Gasteiger partial charge in [-0.25, -0.2) is 0 Å². The fourth-order valence-corrected chi connectivity index (χ4v) is 2.45. The summed E-state index contributed by atoms with van der Waals surface area (Å²) in [5, 5.41) is 0. The van der Waals surface area contributed by atoms with E-state index >= 15 is 0 Å². The summed E-state index contributed by atoms with van der Waals surface area (Å²) in [7, 11) is 1.36. The molecule has 1 fully saturated rings. The first-order chi connectivity index (χ1) is 9.46. The maximum Gasteiger partial charge on any atom is 0.319 e. The molecule has 0 bridgehead atoms. The van der Waals surface area contributed by atoms with Crippen molar-refractivity contribution in [3.63, 3.8) is 0 Å². The van der Waals surface area contributed by atoms with Gasteiger partial charge in [-0.2, -0.15) is 0 Å². The van der Waals surface area contributed by atoms with E-state index in [1.807, 2.05) is 30.6 Å². The van der Waals surface area contributed by atoms with Crippen molar-refractivity contribution in [2.75, 3.05) is 39.8 Å². The van der Waals surface area contributed by atoms with Crippen LogP contribution >= 0.6 is 0 Å². The number of morpholine rings is 1. The van der Waals surface area contributed by atoms with E-state index in [9.17, 15) is 9.59 Å². The molecule has 0 aromatic heterocycles. The van der Waals surface area contributed by atoms with Gasteiger partial charge < -0.3 is 14.4 Å². The lowest BCUT2D eigenvalue weighted by Gasteiger charge is -2.36. The molecule has 1 aliphatic rings. The van der Waals surface area contributed by atoms with Gasteiger partial charge in [0.2, 0.25) is 5.91 Å². The summed E-state index contributed by atoms with van der Waals surface area (Å²) in [5.41, 5.74) is 0. The lowest BCUT2D eigenvalue weighted by atomic mass is 10.2. The Morgan fingerprint density at radius 2 is 1.85 bits per heavy atom. The Hall–Kier alpha value is -1.14. The molecule has 0 aromatic rings. The van der Waals surface area contributed by atoms with Crippen molar-refractivity contribution < 1.29 is 19.1 Å². The summed E-state index contributed by atoms with van der Waals surface area (Å²) in [6.07, 6.45) is 1.01. The molecule has 1 rings (SSSR count). The van der Waals surface area contributed by atoms with Crippen molar-refractivity contribution >= 4 is 11.9 Å². The second kappa shape index (κ2) is 8.21. The maximum atomic E-state index is 12.3. The van der Waals surface area contributed by atoms with E-state index < -0.39 is 0 Å². The van der Waals surface area contributed by atoms with Crippen molar-refractivity contribution in [1.29, 1.82) is 0 Å². The van der Waals surface area contributed by atoms with Crippen LogP contribution in [0.2, 0.25) is 0 Å². The third kappa shape index (κ3) is 5.46. The molecular formula is C14H26N2O4. The van der Waals surface area contributed by atoms with Crippen LogP contribution in [-0.4, -0.2) is 73.7 Å². The van der Waals surface area contributed by atoms with Crippen LogP contribution in [-0.2, 0) is 19.1 Å². The van der Waals surface area contributed by atoms with Gasteiger partial charge in [0.05, 0.1) is 32.4 Å². The van der Waals surface area contributed by atoms with E-state index in [1.54, 1.807) is 0 Å². The molecule has 0 aliphatic carbocycles. The van der Waals surface area contributed by atoms with Crippen molar-refractivity contribution in [3.05, 3.63) is 0 Å². The van der Waals surface area contributed by atoms with Crippen molar-refractivity contribution in [1.82, 2.24) is 9.80 Å². The largest absolute Gasteiger partial charge is 0.468 e. The van der Waals surface area contributed by atoms with Gasteiger partial charge in [-0.05, 0) is 26.8 Å². The molecule has 0 radical (unpaired) electrons. The van der Waals surface area contributed by atoms with E-state index in [0.717, 1.165) is 6.42 Å². The molecule has 1 aliphatic heterocycles. The first-order valence-electron chi connectivity index (χ1n) is 7.18. The minimum absolute atomic E-state index is 0.0457. The normalized spacial score (nSPS) is 22.9. The molecule has 0 spiro atoms. The predicted molar refractivity (Wildman–Crippen MR) is 75.3 cm³/mol. The number of amides is 1. The summed E-state index contributed by atoms with van der Waals surface area (Å²) >= 11 is 0. The number of hydrogen-bond donors (Lipinski definition) is 0. The van der Waals surface area contributed by atoms with Crippen molar-refractivity contribution in [3.8, 4) is 0 Å². The summed E-state index contributed by atoms with van der Waals surface area (Å²) in [4.78, 5) is 27.3. The molecule has 20 heavy (non-hydrogen) atoms. The van der Waals surface area contributed by atoms with Crippen LogP contribution in [0.25, 0.3) is 0 Å². The van der Waals surface area contributed by atoms with E-state index in [1.165, 1.54) is 7.11 Å². The Morgan fingerprint density at radius 1 is 1.25 bits per heavy atom. The zero-order valence-corrected chi connectivity index (χ0v) is 12.9. The second-order valence-electron chi connectivity index (χ2n) is 5.34. The van der Waals surface area contributed by atoms with Gasteiger partial charge in [-0.1, -0.05) is 6.92 Å². The zero-order chi connectivity index (χ0) is 15.1. The Morgan fingerprint density at radius 3 is 2.35 bits per heavy atom. The fourth-order valence-electron chi connectivity index (χ4n) is 2.45. The standard InChI is InChI=1S/C14H26N2O4/c1-5-6-15(10-14(18)19-4)9-13(17)16-7-11(2)20-12(3)8-16/h11-12H,5-10H2,1-4H3. The highest BCUT2D eigenvalue weighted by Gasteiger charge is 2.27. The summed E-state index contributed by atoms with van der Waals surface area (Å²) in [5.74, 6) is -0.265. The maximum absolute atomic E-state index is 12.3. The number of esters is 1. The highest BCUT2D eigenvalue weighted by molar-refractivity contribution is 5.79. The SMILES string of the molecule is CCCN(CC(=O)OC)CC(=O)N1CC(C)OC(C)C1. The lowest BCUT2D eigenvalue weighted by Crippen LogP contribution is -2.51. The topological polar surface area (TPSA) is 59.1 Å². The Labute approximate surface area is 121 Å². The molecule has 2 atom stereocenters. The minimum atomic E-state index is -0.310. The molecular weight excluding hydrogens is 260 g/mol. The lowest BCUT2D eigenvalue weighted by molar-refractivity contribution is -0.147. The zero-order valence-electron chi connectivity index (χ0n) is 12.9. The van der Waals surface area contributed by atoms with Gasteiger partial charge in [0, 0.05) is 13.1 Å². The first kappa shape index (κ1) is 16.9.